The number of amidine groups is 2. The van der Waals surface area contributed by atoms with Crippen molar-refractivity contribution in [1.29, 1.82) is 0 Å². The number of aliphatic hydroxyl groups is 1. The molecule has 10 nitrogen and oxygen atoms in total. The van der Waals surface area contributed by atoms with Gasteiger partial charge in [0.05, 0.1) is 25.5 Å². The number of carbonyl (C=O) groups excluding carboxylic acids is 3. The van der Waals surface area contributed by atoms with Crippen LogP contribution in [0.3, 0.4) is 0 Å². The zero-order valence-corrected chi connectivity index (χ0v) is 13.8. The number of aliphatic imine (C=N–C) groups is 2. The highest BCUT2D eigenvalue weighted by Gasteiger charge is 2.35. The molecule has 0 bridgehead atoms. The molecule has 1 unspecified atom stereocenters. The number of rotatable bonds is 7. The molecular formula is C13H17N5O5S. The molecule has 1 atom stereocenters. The Labute approximate surface area is 142 Å². The number of nitrogens with one attached hydrogen (secondary N) is 1. The van der Waals surface area contributed by atoms with Gasteiger partial charge in [-0.15, -0.1) is 0 Å². The lowest BCUT2D eigenvalue weighted by molar-refractivity contribution is -0.143. The number of β-amino-alcohol motifs (C(OH)–C–C–N with tert-alkyl or cyclic N) is 1. The van der Waals surface area contributed by atoms with E-state index in [4.69, 9.17) is 9.84 Å². The van der Waals surface area contributed by atoms with Crippen LogP contribution in [0.4, 0.5) is 0 Å². The molecule has 0 aliphatic carbocycles. The summed E-state index contributed by atoms with van der Waals surface area (Å²) in [4.78, 5) is 42.8. The fourth-order valence-corrected chi connectivity index (χ4v) is 2.59. The highest BCUT2D eigenvalue weighted by Crippen LogP contribution is 2.21. The summed E-state index contributed by atoms with van der Waals surface area (Å²) in [5.41, 5.74) is 0. The van der Waals surface area contributed by atoms with Crippen LogP contribution in [0.2, 0.25) is 0 Å². The lowest BCUT2D eigenvalue weighted by atomic mass is 10.1. The van der Waals surface area contributed by atoms with Crippen molar-refractivity contribution < 1.29 is 24.2 Å². The molecule has 2 amide bonds. The van der Waals surface area contributed by atoms with Crippen molar-refractivity contribution in [3.63, 3.8) is 0 Å². The minimum Gasteiger partial charge on any atom is -0.465 e. The molecule has 0 radical (unpaired) electrons. The van der Waals surface area contributed by atoms with E-state index in [-0.39, 0.29) is 37.2 Å². The molecule has 2 heterocycles. The maximum atomic E-state index is 11.9. The molecule has 24 heavy (non-hydrogen) atoms. The van der Waals surface area contributed by atoms with Crippen LogP contribution >= 0.6 is 11.8 Å². The molecule has 130 valence electrons. The van der Waals surface area contributed by atoms with E-state index in [1.54, 1.807) is 6.92 Å². The summed E-state index contributed by atoms with van der Waals surface area (Å²) in [6.45, 7) is 1.79. The summed E-state index contributed by atoms with van der Waals surface area (Å²) in [5, 5.41) is 17.0. The van der Waals surface area contributed by atoms with Crippen molar-refractivity contribution >= 4 is 46.8 Å². The van der Waals surface area contributed by atoms with Gasteiger partial charge in [0, 0.05) is 6.21 Å². The van der Waals surface area contributed by atoms with Crippen molar-refractivity contribution in [1.82, 2.24) is 10.3 Å². The number of amides is 2. The quantitative estimate of drug-likeness (QED) is 0.537. The first-order valence-electron chi connectivity index (χ1n) is 7.24. The molecule has 2 aliphatic heterocycles. The fraction of sp³-hybridized carbons (Fsp3) is 0.538. The normalized spacial score (nSPS) is 18.8. The molecule has 2 N–H and O–H groups in total. The average molecular weight is 355 g/mol. The first-order valence-corrected chi connectivity index (χ1v) is 8.22. The summed E-state index contributed by atoms with van der Waals surface area (Å²) in [7, 11) is 0. The second-order valence-electron chi connectivity index (χ2n) is 4.66. The van der Waals surface area contributed by atoms with E-state index in [0.717, 1.165) is 11.8 Å². The summed E-state index contributed by atoms with van der Waals surface area (Å²) < 4.78 is 4.69. The molecule has 11 heteroatoms. The third kappa shape index (κ3) is 4.61. The first kappa shape index (κ1) is 18.1. The van der Waals surface area contributed by atoms with E-state index in [9.17, 15) is 14.4 Å². The Balaban J connectivity index is 1.86. The third-order valence-electron chi connectivity index (χ3n) is 2.96. The molecule has 0 aromatic heterocycles. The first-order chi connectivity index (χ1) is 11.5. The van der Waals surface area contributed by atoms with Crippen LogP contribution in [-0.4, -0.2) is 77.2 Å². The largest absolute Gasteiger partial charge is 0.465 e. The van der Waals surface area contributed by atoms with Gasteiger partial charge in [-0.05, 0) is 6.92 Å². The maximum Gasteiger partial charge on any atom is 0.325 e. The summed E-state index contributed by atoms with van der Waals surface area (Å²) in [6.07, 6.45) is 1.42. The lowest BCUT2D eigenvalue weighted by Gasteiger charge is -2.19. The van der Waals surface area contributed by atoms with Gasteiger partial charge in [-0.3, -0.25) is 14.4 Å². The zero-order valence-electron chi connectivity index (χ0n) is 13.0. The van der Waals surface area contributed by atoms with E-state index < -0.39 is 23.7 Å². The molecule has 0 aromatic rings. The topological polar surface area (TPSA) is 133 Å². The van der Waals surface area contributed by atoms with Crippen LogP contribution < -0.4 is 5.32 Å². The summed E-state index contributed by atoms with van der Waals surface area (Å²) >= 11 is 0.976. The number of esters is 1. The Hall–Kier alpha value is -2.27. The van der Waals surface area contributed by atoms with Gasteiger partial charge >= 0.3 is 5.97 Å². The van der Waals surface area contributed by atoms with E-state index in [2.05, 4.69) is 20.4 Å². The second kappa shape index (κ2) is 8.55. The van der Waals surface area contributed by atoms with E-state index >= 15 is 0 Å². The van der Waals surface area contributed by atoms with Crippen molar-refractivity contribution in [2.75, 3.05) is 32.1 Å². The molecular weight excluding hydrogens is 338 g/mol. The molecule has 0 aromatic carbocycles. The number of fused-ring (bicyclic) bond motifs is 1. The van der Waals surface area contributed by atoms with Crippen molar-refractivity contribution in [3.8, 4) is 0 Å². The molecule has 0 fully saturated rings. The average Bonchev–Trinajstić information content (AvgIpc) is 2.95. The number of hydrogen-bond donors (Lipinski definition) is 2. The smallest absolute Gasteiger partial charge is 0.325 e. The Bertz CT molecular complexity index is 618. The van der Waals surface area contributed by atoms with Gasteiger partial charge in [0.1, 0.15) is 18.3 Å². The number of hydrogen-bond acceptors (Lipinski definition) is 9. The van der Waals surface area contributed by atoms with E-state index in [0.29, 0.717) is 5.84 Å². The minimum absolute atomic E-state index is 0.0478. The molecule has 2 aliphatic rings. The van der Waals surface area contributed by atoms with Crippen LogP contribution in [0.5, 0.6) is 0 Å². The fourth-order valence-electron chi connectivity index (χ4n) is 1.92. The minimum atomic E-state index is -0.640. The Morgan fingerprint density at radius 3 is 2.96 bits per heavy atom. The van der Waals surface area contributed by atoms with Crippen LogP contribution in [-0.2, 0) is 19.1 Å². The van der Waals surface area contributed by atoms with Gasteiger partial charge in [0.25, 0.3) is 5.91 Å². The Morgan fingerprint density at radius 1 is 1.46 bits per heavy atom. The van der Waals surface area contributed by atoms with Crippen molar-refractivity contribution in [3.05, 3.63) is 0 Å². The van der Waals surface area contributed by atoms with Crippen LogP contribution in [0.15, 0.2) is 15.1 Å². The van der Waals surface area contributed by atoms with Gasteiger partial charge in [-0.2, -0.15) is 10.1 Å². The van der Waals surface area contributed by atoms with E-state index in [1.165, 1.54) is 11.2 Å². The van der Waals surface area contributed by atoms with Crippen molar-refractivity contribution in [2.24, 2.45) is 21.0 Å². The van der Waals surface area contributed by atoms with Crippen LogP contribution in [0, 0.1) is 5.92 Å². The number of ether oxygens (including phenoxy) is 1. The number of carbonyl (C=O) groups is 3. The van der Waals surface area contributed by atoms with Gasteiger partial charge < -0.3 is 15.2 Å². The van der Waals surface area contributed by atoms with Crippen LogP contribution in [0.1, 0.15) is 6.92 Å². The second-order valence-corrected chi connectivity index (χ2v) is 5.60. The molecule has 0 saturated carbocycles. The van der Waals surface area contributed by atoms with E-state index in [1.807, 2.05) is 0 Å². The lowest BCUT2D eigenvalue weighted by Crippen LogP contribution is -2.36. The molecule has 2 rings (SSSR count). The number of nitrogens with zero attached hydrogens (tertiary/aromatic N) is 4. The number of hydrazone groups is 1. The predicted molar refractivity (Wildman–Crippen MR) is 87.8 cm³/mol. The van der Waals surface area contributed by atoms with Gasteiger partial charge in [0.15, 0.2) is 5.17 Å². The standard InChI is InChI=1S/C13H17N5O5S/c1-2-23-10(21)6-14-9(20)7-24-13-16-11-8(12(22)17-13)5-15-18(11)3-4-19/h5,8,19H,2-4,6-7H2,1H3,(H,14,20). The Morgan fingerprint density at radius 2 is 2.25 bits per heavy atom. The predicted octanol–water partition coefficient (Wildman–Crippen LogP) is -1.40. The highest BCUT2D eigenvalue weighted by molar-refractivity contribution is 8.14. The SMILES string of the molecule is CCOC(=O)CNC(=O)CSC1=NC(=O)C2C=NN(CCO)C2=N1. The third-order valence-corrected chi connectivity index (χ3v) is 3.81. The summed E-state index contributed by atoms with van der Waals surface area (Å²) in [5.74, 6) is -1.64. The molecule has 0 saturated heterocycles. The number of thioether (sulfide) groups is 1. The summed E-state index contributed by atoms with van der Waals surface area (Å²) in [6, 6.07) is 0. The van der Waals surface area contributed by atoms with Gasteiger partial charge in [-0.1, -0.05) is 11.8 Å². The molecule has 0 spiro atoms. The van der Waals surface area contributed by atoms with Crippen molar-refractivity contribution in [2.45, 2.75) is 6.92 Å². The monoisotopic (exact) mass is 355 g/mol. The van der Waals surface area contributed by atoms with Gasteiger partial charge in [-0.25, -0.2) is 10.0 Å². The van der Waals surface area contributed by atoms with Crippen LogP contribution in [0.25, 0.3) is 0 Å². The zero-order chi connectivity index (χ0) is 17.5. The van der Waals surface area contributed by atoms with Gasteiger partial charge in [0.2, 0.25) is 5.91 Å². The Kier molecular flexibility index (Phi) is 6.44. The number of aliphatic hydroxyl groups excluding tert-OH is 1. The highest BCUT2D eigenvalue weighted by atomic mass is 32.2. The maximum absolute atomic E-state index is 11.9.